The molecule has 5 aromatic rings. The van der Waals surface area contributed by atoms with E-state index in [0.29, 0.717) is 5.65 Å². The molecule has 0 saturated carbocycles. The first kappa shape index (κ1) is 15.4. The first-order valence-electron chi connectivity index (χ1n) is 8.33. The molecule has 27 heavy (non-hydrogen) atoms. The van der Waals surface area contributed by atoms with Crippen molar-refractivity contribution in [2.45, 2.75) is 0 Å². The van der Waals surface area contributed by atoms with Gasteiger partial charge in [-0.15, -0.1) is 0 Å². The van der Waals surface area contributed by atoms with Gasteiger partial charge in [0.05, 0.1) is 30.1 Å². The molecule has 4 heterocycles. The van der Waals surface area contributed by atoms with Gasteiger partial charge in [0.15, 0.2) is 5.65 Å². The van der Waals surface area contributed by atoms with Crippen molar-refractivity contribution in [2.24, 2.45) is 0 Å². The Morgan fingerprint density at radius 3 is 2.37 bits per heavy atom. The quantitative estimate of drug-likeness (QED) is 0.507. The van der Waals surface area contributed by atoms with Gasteiger partial charge in [0.25, 0.3) is 0 Å². The second-order valence-corrected chi connectivity index (χ2v) is 6.05. The summed E-state index contributed by atoms with van der Waals surface area (Å²) in [6.45, 7) is 0. The van der Waals surface area contributed by atoms with Gasteiger partial charge < -0.3 is 4.98 Å². The van der Waals surface area contributed by atoms with Crippen LogP contribution < -0.4 is 0 Å². The lowest BCUT2D eigenvalue weighted by molar-refractivity contribution is 0.628. The maximum absolute atomic E-state index is 13.5. The smallest absolute Gasteiger partial charge is 0.156 e. The SMILES string of the molecule is Fc1ccc(-c2nc3[nH]ncc3c(-c3cnc[nH]3)c2-c2ccncc2)cc1. The van der Waals surface area contributed by atoms with Gasteiger partial charge in [0.1, 0.15) is 5.82 Å². The van der Waals surface area contributed by atoms with Crippen LogP contribution in [-0.2, 0) is 0 Å². The lowest BCUT2D eigenvalue weighted by atomic mass is 9.92. The zero-order valence-electron chi connectivity index (χ0n) is 14.0. The van der Waals surface area contributed by atoms with Crippen molar-refractivity contribution in [3.05, 3.63) is 73.3 Å². The number of aromatic nitrogens is 6. The van der Waals surface area contributed by atoms with Crippen LogP contribution in [0.5, 0.6) is 0 Å². The molecule has 5 rings (SSSR count). The van der Waals surface area contributed by atoms with Crippen molar-refractivity contribution in [1.29, 1.82) is 0 Å². The summed E-state index contributed by atoms with van der Waals surface area (Å²) in [6.07, 6.45) is 8.62. The molecule has 0 aliphatic rings. The molecular weight excluding hydrogens is 343 g/mol. The summed E-state index contributed by atoms with van der Waals surface area (Å²) in [6, 6.07) is 10.2. The fraction of sp³-hybridized carbons (Fsp3) is 0. The fourth-order valence-corrected chi connectivity index (χ4v) is 3.26. The van der Waals surface area contributed by atoms with Gasteiger partial charge in [-0.05, 0) is 42.0 Å². The summed E-state index contributed by atoms with van der Waals surface area (Å²) in [7, 11) is 0. The Balaban J connectivity index is 1.93. The van der Waals surface area contributed by atoms with Gasteiger partial charge >= 0.3 is 0 Å². The monoisotopic (exact) mass is 356 g/mol. The molecule has 0 bridgehead atoms. The molecule has 0 atom stereocenters. The Hall–Kier alpha value is -3.87. The number of halogens is 1. The lowest BCUT2D eigenvalue weighted by Gasteiger charge is -2.15. The van der Waals surface area contributed by atoms with Crippen LogP contribution in [0.3, 0.4) is 0 Å². The van der Waals surface area contributed by atoms with Gasteiger partial charge in [-0.1, -0.05) is 0 Å². The van der Waals surface area contributed by atoms with Crippen LogP contribution in [0, 0.1) is 5.82 Å². The number of pyridine rings is 2. The molecule has 2 N–H and O–H groups in total. The highest BCUT2D eigenvalue weighted by atomic mass is 19.1. The molecule has 0 aliphatic heterocycles. The lowest BCUT2D eigenvalue weighted by Crippen LogP contribution is -1.96. The van der Waals surface area contributed by atoms with Crippen molar-refractivity contribution >= 4 is 11.0 Å². The largest absolute Gasteiger partial charge is 0.345 e. The zero-order valence-corrected chi connectivity index (χ0v) is 14.0. The van der Waals surface area contributed by atoms with Gasteiger partial charge in [-0.25, -0.2) is 14.4 Å². The van der Waals surface area contributed by atoms with E-state index < -0.39 is 0 Å². The van der Waals surface area contributed by atoms with Gasteiger partial charge in [-0.3, -0.25) is 10.1 Å². The fourth-order valence-electron chi connectivity index (χ4n) is 3.26. The summed E-state index contributed by atoms with van der Waals surface area (Å²) >= 11 is 0. The highest BCUT2D eigenvalue weighted by molar-refractivity contribution is 6.05. The van der Waals surface area contributed by atoms with Crippen molar-refractivity contribution in [1.82, 2.24) is 30.1 Å². The van der Waals surface area contributed by atoms with Crippen LogP contribution in [0.15, 0.2) is 67.5 Å². The molecule has 130 valence electrons. The third-order valence-electron chi connectivity index (χ3n) is 4.45. The minimum Gasteiger partial charge on any atom is -0.345 e. The minimum atomic E-state index is -0.291. The number of fused-ring (bicyclic) bond motifs is 1. The number of rotatable bonds is 3. The van der Waals surface area contributed by atoms with Crippen molar-refractivity contribution in [2.75, 3.05) is 0 Å². The number of aromatic amines is 2. The summed E-state index contributed by atoms with van der Waals surface area (Å²) in [4.78, 5) is 16.3. The molecule has 0 spiro atoms. The molecule has 0 fully saturated rings. The Morgan fingerprint density at radius 1 is 0.815 bits per heavy atom. The summed E-state index contributed by atoms with van der Waals surface area (Å²) in [5, 5.41) is 7.97. The number of hydrogen-bond acceptors (Lipinski definition) is 4. The molecular formula is C20H13FN6. The number of benzene rings is 1. The highest BCUT2D eigenvalue weighted by Crippen LogP contribution is 2.41. The van der Waals surface area contributed by atoms with Crippen LogP contribution in [-0.4, -0.2) is 30.1 Å². The molecule has 4 aromatic heterocycles. The standard InChI is InChI=1S/C20H13FN6/c21-14-3-1-13(2-4-14)19-17(12-5-7-22-8-6-12)18(16-10-23-11-24-16)15-9-25-27-20(15)26-19/h1-11H,(H,23,24)(H,25,26,27). The van der Waals surface area contributed by atoms with Crippen LogP contribution in [0.4, 0.5) is 4.39 Å². The van der Waals surface area contributed by atoms with E-state index >= 15 is 0 Å². The van der Waals surface area contributed by atoms with E-state index in [2.05, 4.69) is 25.1 Å². The Labute approximate surface area is 153 Å². The summed E-state index contributed by atoms with van der Waals surface area (Å²) < 4.78 is 13.5. The van der Waals surface area contributed by atoms with Gasteiger partial charge in [0, 0.05) is 34.5 Å². The number of nitrogens with one attached hydrogen (secondary N) is 2. The zero-order chi connectivity index (χ0) is 18.2. The van der Waals surface area contributed by atoms with Crippen LogP contribution in [0.1, 0.15) is 0 Å². The third-order valence-corrected chi connectivity index (χ3v) is 4.45. The second-order valence-electron chi connectivity index (χ2n) is 6.05. The second kappa shape index (κ2) is 6.14. The first-order valence-corrected chi connectivity index (χ1v) is 8.33. The van der Waals surface area contributed by atoms with Crippen LogP contribution in [0.2, 0.25) is 0 Å². The molecule has 0 radical (unpaired) electrons. The highest BCUT2D eigenvalue weighted by Gasteiger charge is 2.21. The summed E-state index contributed by atoms with van der Waals surface area (Å²) in [5.74, 6) is -0.291. The normalized spacial score (nSPS) is 11.1. The Bertz CT molecular complexity index is 1210. The van der Waals surface area contributed by atoms with Crippen LogP contribution >= 0.6 is 0 Å². The molecule has 7 heteroatoms. The van der Waals surface area contributed by atoms with E-state index in [-0.39, 0.29) is 5.82 Å². The predicted molar refractivity (Wildman–Crippen MR) is 100 cm³/mol. The van der Waals surface area contributed by atoms with E-state index in [0.717, 1.165) is 39.0 Å². The average molecular weight is 356 g/mol. The van der Waals surface area contributed by atoms with Gasteiger partial charge in [-0.2, -0.15) is 5.10 Å². The van der Waals surface area contributed by atoms with Crippen molar-refractivity contribution in [3.63, 3.8) is 0 Å². The van der Waals surface area contributed by atoms with E-state index in [1.165, 1.54) is 12.1 Å². The number of H-pyrrole nitrogens is 2. The topological polar surface area (TPSA) is 83.1 Å². The van der Waals surface area contributed by atoms with E-state index in [9.17, 15) is 4.39 Å². The number of nitrogens with zero attached hydrogens (tertiary/aromatic N) is 4. The molecule has 0 amide bonds. The van der Waals surface area contributed by atoms with E-state index in [1.807, 2.05) is 12.1 Å². The first-order chi connectivity index (χ1) is 13.3. The summed E-state index contributed by atoms with van der Waals surface area (Å²) in [5.41, 5.74) is 5.81. The number of hydrogen-bond donors (Lipinski definition) is 2. The Kier molecular flexibility index (Phi) is 3.50. The predicted octanol–water partition coefficient (Wildman–Crippen LogP) is 4.22. The maximum atomic E-state index is 13.5. The van der Waals surface area contributed by atoms with Crippen LogP contribution in [0.25, 0.3) is 44.7 Å². The molecule has 6 nitrogen and oxygen atoms in total. The average Bonchev–Trinajstić information content (AvgIpc) is 3.40. The minimum absolute atomic E-state index is 0.291. The molecule has 1 aromatic carbocycles. The molecule has 0 unspecified atom stereocenters. The van der Waals surface area contributed by atoms with E-state index in [4.69, 9.17) is 4.98 Å². The van der Waals surface area contributed by atoms with Crippen molar-refractivity contribution in [3.8, 4) is 33.6 Å². The van der Waals surface area contributed by atoms with Crippen molar-refractivity contribution < 1.29 is 4.39 Å². The maximum Gasteiger partial charge on any atom is 0.156 e. The Morgan fingerprint density at radius 2 is 1.63 bits per heavy atom. The molecule has 0 saturated heterocycles. The number of imidazole rings is 1. The third kappa shape index (κ3) is 2.56. The van der Waals surface area contributed by atoms with Gasteiger partial charge in [0.2, 0.25) is 0 Å². The van der Waals surface area contributed by atoms with E-state index in [1.54, 1.807) is 43.2 Å². The molecule has 0 aliphatic carbocycles.